The van der Waals surface area contributed by atoms with Crippen molar-refractivity contribution < 1.29 is 13.9 Å². The van der Waals surface area contributed by atoms with Gasteiger partial charge in [-0.3, -0.25) is 14.2 Å². The van der Waals surface area contributed by atoms with Gasteiger partial charge in [-0.25, -0.2) is 9.37 Å². The second-order valence-electron chi connectivity index (χ2n) is 5.98. The van der Waals surface area contributed by atoms with Crippen molar-refractivity contribution in [2.24, 2.45) is 0 Å². The molecule has 0 unspecified atom stereocenters. The molecule has 1 N–H and O–H groups in total. The van der Waals surface area contributed by atoms with Crippen LogP contribution in [0.25, 0.3) is 16.6 Å². The van der Waals surface area contributed by atoms with Crippen LogP contribution in [0.1, 0.15) is 0 Å². The average molecular weight is 434 g/mol. The van der Waals surface area contributed by atoms with Crippen molar-refractivity contribution in [3.05, 3.63) is 64.7 Å². The van der Waals surface area contributed by atoms with Gasteiger partial charge in [-0.05, 0) is 36.4 Å². The monoisotopic (exact) mass is 433 g/mol. The van der Waals surface area contributed by atoms with Gasteiger partial charge in [-0.2, -0.15) is 0 Å². The molecule has 1 amide bonds. The maximum atomic E-state index is 13.3. The Bertz CT molecular complexity index is 1040. The van der Waals surface area contributed by atoms with E-state index in [1.54, 1.807) is 37.4 Å². The molecule has 0 atom stereocenters. The van der Waals surface area contributed by atoms with E-state index in [1.165, 1.54) is 40.2 Å². The van der Waals surface area contributed by atoms with Gasteiger partial charge < -0.3 is 10.1 Å². The van der Waals surface area contributed by atoms with E-state index >= 15 is 0 Å². The summed E-state index contributed by atoms with van der Waals surface area (Å²) in [5, 5.41) is 4.27. The van der Waals surface area contributed by atoms with Gasteiger partial charge >= 0.3 is 0 Å². The number of carbonyl (C=O) groups is 1. The van der Waals surface area contributed by atoms with Crippen molar-refractivity contribution in [1.29, 1.82) is 0 Å². The maximum absolute atomic E-state index is 13.3. The first-order valence-electron chi connectivity index (χ1n) is 8.84. The second-order valence-corrected chi connectivity index (χ2v) is 8.28. The van der Waals surface area contributed by atoms with Crippen LogP contribution < -0.4 is 10.9 Å². The summed E-state index contributed by atoms with van der Waals surface area (Å²) in [6, 6.07) is 12.8. The Morgan fingerprint density at radius 3 is 2.72 bits per heavy atom. The summed E-state index contributed by atoms with van der Waals surface area (Å²) in [7, 11) is 1.58. The summed E-state index contributed by atoms with van der Waals surface area (Å²) in [5.74, 6) is -0.153. The van der Waals surface area contributed by atoms with E-state index in [0.717, 1.165) is 0 Å². The van der Waals surface area contributed by atoms with Crippen LogP contribution in [-0.2, 0) is 9.53 Å². The highest BCUT2D eigenvalue weighted by Gasteiger charge is 2.13. The topological polar surface area (TPSA) is 73.2 Å². The predicted molar refractivity (Wildman–Crippen MR) is 115 cm³/mol. The lowest BCUT2D eigenvalue weighted by Crippen LogP contribution is -2.28. The van der Waals surface area contributed by atoms with E-state index in [-0.39, 0.29) is 17.3 Å². The molecular formula is C20H20FN3O3S2. The van der Waals surface area contributed by atoms with E-state index in [4.69, 9.17) is 4.74 Å². The Kier molecular flexibility index (Phi) is 7.68. The molecular weight excluding hydrogens is 413 g/mol. The van der Waals surface area contributed by atoms with E-state index in [0.29, 0.717) is 45.7 Å². The van der Waals surface area contributed by atoms with Crippen molar-refractivity contribution in [2.75, 3.05) is 31.1 Å². The summed E-state index contributed by atoms with van der Waals surface area (Å²) in [6.45, 7) is 0.940. The summed E-state index contributed by atoms with van der Waals surface area (Å²) >= 11 is 2.79. The Balaban J connectivity index is 1.79. The Morgan fingerprint density at radius 1 is 1.21 bits per heavy atom. The summed E-state index contributed by atoms with van der Waals surface area (Å²) in [5.41, 5.74) is 0.923. The molecule has 3 aromatic rings. The fourth-order valence-corrected chi connectivity index (χ4v) is 4.46. The molecule has 0 aliphatic heterocycles. The third-order valence-corrected chi connectivity index (χ3v) is 6.10. The minimum absolute atomic E-state index is 0.0740. The van der Waals surface area contributed by atoms with Crippen molar-refractivity contribution in [3.63, 3.8) is 0 Å². The average Bonchev–Trinajstić information content (AvgIpc) is 2.73. The first-order chi connectivity index (χ1) is 14.1. The number of benzene rings is 2. The number of nitrogens with zero attached hydrogens (tertiary/aromatic N) is 2. The zero-order valence-corrected chi connectivity index (χ0v) is 17.4. The molecule has 0 bridgehead atoms. The number of carbonyl (C=O) groups excluding carboxylic acids is 1. The fraction of sp³-hybridized carbons (Fsp3) is 0.250. The highest BCUT2D eigenvalue weighted by atomic mass is 32.2. The number of para-hydroxylation sites is 1. The standard InChI is InChI=1S/C20H20FN3O3S2/c1-27-11-10-22-18(25)12-28-13-29-20-23-17-5-3-2-4-16(17)19(26)24(20)15-8-6-14(21)7-9-15/h2-9H,10-13H2,1H3,(H,22,25). The van der Waals surface area contributed by atoms with Gasteiger partial charge in [0.1, 0.15) is 5.82 Å². The van der Waals surface area contributed by atoms with Crippen molar-refractivity contribution in [2.45, 2.75) is 5.16 Å². The third-order valence-electron chi connectivity index (χ3n) is 3.96. The number of ether oxygens (including phenoxy) is 1. The van der Waals surface area contributed by atoms with Crippen LogP contribution in [0, 0.1) is 5.82 Å². The van der Waals surface area contributed by atoms with Gasteiger partial charge in [0.25, 0.3) is 5.56 Å². The summed E-state index contributed by atoms with van der Waals surface area (Å²) in [6.07, 6.45) is 0. The van der Waals surface area contributed by atoms with Gasteiger partial charge in [0.05, 0.1) is 29.0 Å². The molecule has 0 fully saturated rings. The number of aromatic nitrogens is 2. The van der Waals surface area contributed by atoms with Crippen LogP contribution in [0.2, 0.25) is 0 Å². The van der Waals surface area contributed by atoms with Crippen molar-refractivity contribution in [3.8, 4) is 5.69 Å². The number of hydrogen-bond donors (Lipinski definition) is 1. The number of fused-ring (bicyclic) bond motifs is 1. The highest BCUT2D eigenvalue weighted by molar-refractivity contribution is 8.16. The SMILES string of the molecule is COCCNC(=O)CSCSc1nc2ccccc2c(=O)n1-c1ccc(F)cc1. The molecule has 0 saturated heterocycles. The Morgan fingerprint density at radius 2 is 1.97 bits per heavy atom. The van der Waals surface area contributed by atoms with Crippen LogP contribution in [0.5, 0.6) is 0 Å². The van der Waals surface area contributed by atoms with E-state index in [9.17, 15) is 14.0 Å². The van der Waals surface area contributed by atoms with Gasteiger partial charge in [0, 0.05) is 18.7 Å². The molecule has 29 heavy (non-hydrogen) atoms. The number of rotatable bonds is 9. The molecule has 1 aromatic heterocycles. The van der Waals surface area contributed by atoms with Crippen LogP contribution >= 0.6 is 23.5 Å². The van der Waals surface area contributed by atoms with E-state index in [2.05, 4.69) is 10.3 Å². The second kappa shape index (κ2) is 10.4. The van der Waals surface area contributed by atoms with E-state index < -0.39 is 0 Å². The number of halogens is 1. The molecule has 0 spiro atoms. The molecule has 0 saturated carbocycles. The molecule has 0 aliphatic carbocycles. The van der Waals surface area contributed by atoms with Crippen molar-refractivity contribution >= 4 is 40.3 Å². The molecule has 0 radical (unpaired) electrons. The molecule has 0 aliphatic rings. The molecule has 1 heterocycles. The quantitative estimate of drug-likeness (QED) is 0.242. The zero-order chi connectivity index (χ0) is 20.6. The van der Waals surface area contributed by atoms with Crippen molar-refractivity contribution in [1.82, 2.24) is 14.9 Å². The normalized spacial score (nSPS) is 11.0. The Hall–Kier alpha value is -2.36. The van der Waals surface area contributed by atoms with Gasteiger partial charge in [0.2, 0.25) is 5.91 Å². The maximum Gasteiger partial charge on any atom is 0.266 e. The lowest BCUT2D eigenvalue weighted by molar-refractivity contribution is -0.118. The van der Waals surface area contributed by atoms with Crippen LogP contribution in [0.3, 0.4) is 0 Å². The lowest BCUT2D eigenvalue weighted by Gasteiger charge is -2.13. The molecule has 2 aromatic carbocycles. The number of thioether (sulfide) groups is 2. The van der Waals surface area contributed by atoms with Gasteiger partial charge in [0.15, 0.2) is 5.16 Å². The number of nitrogens with one attached hydrogen (secondary N) is 1. The predicted octanol–water partition coefficient (Wildman–Crippen LogP) is 3.07. The highest BCUT2D eigenvalue weighted by Crippen LogP contribution is 2.24. The van der Waals surface area contributed by atoms with Crippen LogP contribution in [0.15, 0.2) is 58.5 Å². The Labute approximate surface area is 175 Å². The smallest absolute Gasteiger partial charge is 0.266 e. The zero-order valence-electron chi connectivity index (χ0n) is 15.8. The fourth-order valence-electron chi connectivity index (χ4n) is 2.60. The lowest BCUT2D eigenvalue weighted by atomic mass is 10.2. The minimum Gasteiger partial charge on any atom is -0.383 e. The first kappa shape index (κ1) is 21.4. The number of hydrogen-bond acceptors (Lipinski definition) is 6. The summed E-state index contributed by atoms with van der Waals surface area (Å²) in [4.78, 5) is 29.4. The van der Waals surface area contributed by atoms with Gasteiger partial charge in [-0.15, -0.1) is 11.8 Å². The minimum atomic E-state index is -0.375. The summed E-state index contributed by atoms with van der Waals surface area (Å²) < 4.78 is 19.7. The first-order valence-corrected chi connectivity index (χ1v) is 11.0. The molecule has 9 heteroatoms. The third kappa shape index (κ3) is 5.59. The van der Waals surface area contributed by atoms with Crippen LogP contribution in [0.4, 0.5) is 4.39 Å². The molecule has 152 valence electrons. The van der Waals surface area contributed by atoms with Gasteiger partial charge in [-0.1, -0.05) is 23.9 Å². The molecule has 6 nitrogen and oxygen atoms in total. The van der Waals surface area contributed by atoms with E-state index in [1.807, 2.05) is 6.07 Å². The largest absolute Gasteiger partial charge is 0.383 e. The number of methoxy groups -OCH3 is 1. The van der Waals surface area contributed by atoms with Crippen LogP contribution in [-0.4, -0.2) is 46.6 Å². The number of amides is 1. The molecule has 3 rings (SSSR count).